The van der Waals surface area contributed by atoms with E-state index in [4.69, 9.17) is 0 Å². The number of aromatic nitrogens is 1. The van der Waals surface area contributed by atoms with Crippen LogP contribution in [0.3, 0.4) is 0 Å². The lowest BCUT2D eigenvalue weighted by Crippen LogP contribution is -2.28. The number of rotatable bonds is 6. The highest BCUT2D eigenvalue weighted by Crippen LogP contribution is 2.20. The lowest BCUT2D eigenvalue weighted by molar-refractivity contribution is 0.564. The molecule has 0 aliphatic carbocycles. The Morgan fingerprint density at radius 1 is 1.35 bits per heavy atom. The van der Waals surface area contributed by atoms with Gasteiger partial charge in [0.2, 0.25) is 10.0 Å². The van der Waals surface area contributed by atoms with E-state index >= 15 is 0 Å². The minimum atomic E-state index is -3.56. The number of thiazole rings is 1. The van der Waals surface area contributed by atoms with Gasteiger partial charge >= 0.3 is 0 Å². The Hall–Kier alpha value is -1.28. The molecule has 0 spiro atoms. The van der Waals surface area contributed by atoms with E-state index in [0.717, 1.165) is 10.6 Å². The maximum atomic E-state index is 12.5. The van der Waals surface area contributed by atoms with Crippen LogP contribution >= 0.6 is 11.3 Å². The fourth-order valence-electron chi connectivity index (χ4n) is 1.90. The predicted octanol–water partition coefficient (Wildman–Crippen LogP) is 1.90. The SMILES string of the molecule is CNCc1ccccc1S(=O)(=O)NC(C)c1nccs1. The summed E-state index contributed by atoms with van der Waals surface area (Å²) in [6.07, 6.45) is 1.67. The topological polar surface area (TPSA) is 71.1 Å². The first-order chi connectivity index (χ1) is 9.54. The highest BCUT2D eigenvalue weighted by atomic mass is 32.2. The second-order valence-corrected chi connectivity index (χ2v) is 6.96. The van der Waals surface area contributed by atoms with Crippen molar-refractivity contribution in [2.45, 2.75) is 24.4 Å². The van der Waals surface area contributed by atoms with Crippen molar-refractivity contribution in [3.63, 3.8) is 0 Å². The summed E-state index contributed by atoms with van der Waals surface area (Å²) in [5.41, 5.74) is 0.744. The van der Waals surface area contributed by atoms with Gasteiger partial charge in [-0.25, -0.2) is 18.1 Å². The molecule has 1 heterocycles. The van der Waals surface area contributed by atoms with E-state index in [1.165, 1.54) is 11.3 Å². The summed E-state index contributed by atoms with van der Waals surface area (Å²) in [7, 11) is -1.78. The van der Waals surface area contributed by atoms with Crippen LogP contribution in [0.5, 0.6) is 0 Å². The molecule has 5 nitrogen and oxygen atoms in total. The Morgan fingerprint density at radius 2 is 2.10 bits per heavy atom. The van der Waals surface area contributed by atoms with Crippen molar-refractivity contribution in [1.29, 1.82) is 0 Å². The molecule has 1 aromatic carbocycles. The van der Waals surface area contributed by atoms with Gasteiger partial charge in [-0.1, -0.05) is 18.2 Å². The molecular formula is C13H17N3O2S2. The summed E-state index contributed by atoms with van der Waals surface area (Å²) in [5, 5.41) is 5.55. The molecule has 7 heteroatoms. The molecule has 0 fully saturated rings. The largest absolute Gasteiger partial charge is 0.316 e. The molecule has 0 saturated heterocycles. The van der Waals surface area contributed by atoms with Crippen LogP contribution in [0.25, 0.3) is 0 Å². The number of nitrogens with zero attached hydrogens (tertiary/aromatic N) is 1. The van der Waals surface area contributed by atoms with Crippen molar-refractivity contribution < 1.29 is 8.42 Å². The molecule has 108 valence electrons. The van der Waals surface area contributed by atoms with Gasteiger partial charge in [0.25, 0.3) is 0 Å². The third-order valence-corrected chi connectivity index (χ3v) is 5.38. The van der Waals surface area contributed by atoms with Crippen molar-refractivity contribution in [2.24, 2.45) is 0 Å². The number of hydrogen-bond acceptors (Lipinski definition) is 5. The van der Waals surface area contributed by atoms with Crippen LogP contribution < -0.4 is 10.0 Å². The molecule has 0 saturated carbocycles. The average Bonchev–Trinajstić information content (AvgIpc) is 2.93. The first-order valence-electron chi connectivity index (χ1n) is 6.19. The maximum absolute atomic E-state index is 12.5. The Labute approximate surface area is 123 Å². The average molecular weight is 311 g/mol. The molecule has 2 rings (SSSR count). The van der Waals surface area contributed by atoms with E-state index in [1.807, 2.05) is 11.4 Å². The van der Waals surface area contributed by atoms with E-state index in [9.17, 15) is 8.42 Å². The van der Waals surface area contributed by atoms with Crippen molar-refractivity contribution >= 4 is 21.4 Å². The van der Waals surface area contributed by atoms with E-state index in [2.05, 4.69) is 15.0 Å². The zero-order valence-corrected chi connectivity index (χ0v) is 13.0. The summed E-state index contributed by atoms with van der Waals surface area (Å²) in [6.45, 7) is 2.29. The van der Waals surface area contributed by atoms with Crippen LogP contribution in [0, 0.1) is 0 Å². The van der Waals surface area contributed by atoms with E-state index in [1.54, 1.807) is 38.4 Å². The minimum absolute atomic E-state index is 0.303. The molecule has 1 aromatic heterocycles. The normalized spacial score (nSPS) is 13.3. The van der Waals surface area contributed by atoms with Gasteiger partial charge in [-0.2, -0.15) is 0 Å². The van der Waals surface area contributed by atoms with E-state index in [0.29, 0.717) is 11.4 Å². The molecule has 2 N–H and O–H groups in total. The van der Waals surface area contributed by atoms with E-state index in [-0.39, 0.29) is 6.04 Å². The quantitative estimate of drug-likeness (QED) is 0.855. The highest BCUT2D eigenvalue weighted by Gasteiger charge is 2.21. The third kappa shape index (κ3) is 3.43. The van der Waals surface area contributed by atoms with Gasteiger partial charge < -0.3 is 5.32 Å². The Morgan fingerprint density at radius 3 is 2.75 bits per heavy atom. The predicted molar refractivity (Wildman–Crippen MR) is 80.1 cm³/mol. The molecule has 0 radical (unpaired) electrons. The van der Waals surface area contributed by atoms with Crippen LogP contribution in [0.4, 0.5) is 0 Å². The van der Waals surface area contributed by atoms with Gasteiger partial charge in [-0.05, 0) is 25.6 Å². The van der Waals surface area contributed by atoms with Crippen molar-refractivity contribution in [1.82, 2.24) is 15.0 Å². The fraction of sp³-hybridized carbons (Fsp3) is 0.308. The molecule has 1 unspecified atom stereocenters. The summed E-state index contributed by atoms with van der Waals surface area (Å²) in [4.78, 5) is 4.44. The summed E-state index contributed by atoms with van der Waals surface area (Å²) in [5.74, 6) is 0. The lowest BCUT2D eigenvalue weighted by Gasteiger charge is -2.14. The first kappa shape index (κ1) is 15.1. The van der Waals surface area contributed by atoms with Gasteiger partial charge in [-0.3, -0.25) is 0 Å². The van der Waals surface area contributed by atoms with Gasteiger partial charge in [0.15, 0.2) is 0 Å². The molecular weight excluding hydrogens is 294 g/mol. The number of hydrogen-bond donors (Lipinski definition) is 2. The van der Waals surface area contributed by atoms with Crippen LogP contribution in [0.2, 0.25) is 0 Å². The van der Waals surface area contributed by atoms with Crippen molar-refractivity contribution in [3.8, 4) is 0 Å². The van der Waals surface area contributed by atoms with Gasteiger partial charge in [0.05, 0.1) is 10.9 Å². The molecule has 0 amide bonds. The smallest absolute Gasteiger partial charge is 0.241 e. The number of benzene rings is 1. The lowest BCUT2D eigenvalue weighted by atomic mass is 10.2. The van der Waals surface area contributed by atoms with Gasteiger partial charge in [-0.15, -0.1) is 11.3 Å². The van der Waals surface area contributed by atoms with Crippen LogP contribution in [0.15, 0.2) is 40.7 Å². The first-order valence-corrected chi connectivity index (χ1v) is 8.55. The number of sulfonamides is 1. The standard InChI is InChI=1S/C13H17N3O2S2/c1-10(13-15-7-8-19-13)16-20(17,18)12-6-4-3-5-11(12)9-14-2/h3-8,10,14,16H,9H2,1-2H3. The molecule has 20 heavy (non-hydrogen) atoms. The summed E-state index contributed by atoms with van der Waals surface area (Å²) >= 11 is 1.43. The summed E-state index contributed by atoms with van der Waals surface area (Å²) < 4.78 is 27.6. The van der Waals surface area contributed by atoms with Gasteiger partial charge in [0, 0.05) is 18.1 Å². The fourth-order valence-corrected chi connectivity index (χ4v) is 4.07. The molecule has 0 aliphatic rings. The third-order valence-electron chi connectivity index (χ3n) is 2.78. The maximum Gasteiger partial charge on any atom is 0.241 e. The summed E-state index contributed by atoms with van der Waals surface area (Å²) in [6, 6.07) is 6.63. The Bertz CT molecular complexity index is 654. The Balaban J connectivity index is 2.27. The van der Waals surface area contributed by atoms with Crippen molar-refractivity contribution in [2.75, 3.05) is 7.05 Å². The van der Waals surface area contributed by atoms with E-state index < -0.39 is 10.0 Å². The van der Waals surface area contributed by atoms with Crippen LogP contribution in [-0.2, 0) is 16.6 Å². The van der Waals surface area contributed by atoms with Gasteiger partial charge in [0.1, 0.15) is 5.01 Å². The molecule has 2 aromatic rings. The Kier molecular flexibility index (Phi) is 4.87. The zero-order valence-electron chi connectivity index (χ0n) is 11.3. The van der Waals surface area contributed by atoms with Crippen molar-refractivity contribution in [3.05, 3.63) is 46.4 Å². The highest BCUT2D eigenvalue weighted by molar-refractivity contribution is 7.89. The molecule has 1 atom stereocenters. The monoisotopic (exact) mass is 311 g/mol. The number of nitrogens with one attached hydrogen (secondary N) is 2. The molecule has 0 bridgehead atoms. The second kappa shape index (κ2) is 6.45. The second-order valence-electron chi connectivity index (χ2n) is 4.35. The van der Waals surface area contributed by atoms with Crippen LogP contribution in [-0.4, -0.2) is 20.4 Å². The zero-order chi connectivity index (χ0) is 14.6. The minimum Gasteiger partial charge on any atom is -0.316 e. The molecule has 0 aliphatic heterocycles. The van der Waals surface area contributed by atoms with Crippen LogP contribution in [0.1, 0.15) is 23.5 Å².